The van der Waals surface area contributed by atoms with Crippen LogP contribution in [-0.4, -0.2) is 10.9 Å². The van der Waals surface area contributed by atoms with Gasteiger partial charge in [-0.25, -0.2) is 4.98 Å². The quantitative estimate of drug-likeness (QED) is 0.781. The minimum absolute atomic E-state index is 0.161. The van der Waals surface area contributed by atoms with E-state index in [0.717, 1.165) is 9.99 Å². The van der Waals surface area contributed by atoms with Crippen LogP contribution in [0.3, 0.4) is 0 Å². The van der Waals surface area contributed by atoms with Gasteiger partial charge in [0.2, 0.25) is 0 Å². The first kappa shape index (κ1) is 11.9. The third kappa shape index (κ3) is 2.51. The number of nitrogens with one attached hydrogen (secondary N) is 1. The summed E-state index contributed by atoms with van der Waals surface area (Å²) in [4.78, 5) is 16.0. The molecule has 4 nitrogen and oxygen atoms in total. The van der Waals surface area contributed by atoms with E-state index in [4.69, 9.17) is 4.42 Å². The van der Waals surface area contributed by atoms with E-state index in [0.29, 0.717) is 16.8 Å². The number of hydrogen-bond donors (Lipinski definition) is 1. The number of benzene rings is 2. The Morgan fingerprint density at radius 2 is 1.95 bits per heavy atom. The molecule has 2 aromatic carbocycles. The molecular formula is C14H9BrN2O2. The molecule has 0 aliphatic heterocycles. The lowest BCUT2D eigenvalue weighted by molar-refractivity contribution is 0.102. The number of carbonyl (C=O) groups is 1. The van der Waals surface area contributed by atoms with Crippen LogP contribution < -0.4 is 5.32 Å². The Labute approximate surface area is 117 Å². The molecule has 0 radical (unpaired) electrons. The first-order valence-corrected chi connectivity index (χ1v) is 6.42. The molecule has 0 unspecified atom stereocenters. The van der Waals surface area contributed by atoms with Gasteiger partial charge >= 0.3 is 0 Å². The molecule has 1 heterocycles. The molecule has 0 aliphatic rings. The largest absolute Gasteiger partial charge is 0.443 e. The summed E-state index contributed by atoms with van der Waals surface area (Å²) in [6.45, 7) is 0. The summed E-state index contributed by atoms with van der Waals surface area (Å²) in [6.07, 6.45) is 1.38. The maximum Gasteiger partial charge on any atom is 0.255 e. The Kier molecular flexibility index (Phi) is 3.05. The second kappa shape index (κ2) is 4.85. The van der Waals surface area contributed by atoms with E-state index >= 15 is 0 Å². The van der Waals surface area contributed by atoms with Gasteiger partial charge in [-0.3, -0.25) is 4.79 Å². The molecule has 0 atom stereocenters. The third-order valence-corrected chi connectivity index (χ3v) is 3.22. The average molecular weight is 317 g/mol. The highest BCUT2D eigenvalue weighted by molar-refractivity contribution is 9.10. The summed E-state index contributed by atoms with van der Waals surface area (Å²) in [7, 11) is 0. The van der Waals surface area contributed by atoms with Gasteiger partial charge in [-0.2, -0.15) is 0 Å². The van der Waals surface area contributed by atoms with Crippen LogP contribution in [0, 0.1) is 0 Å². The molecule has 1 N–H and O–H groups in total. The summed E-state index contributed by atoms with van der Waals surface area (Å²) in [5, 5.41) is 2.82. The minimum Gasteiger partial charge on any atom is -0.443 e. The predicted molar refractivity (Wildman–Crippen MR) is 76.1 cm³/mol. The van der Waals surface area contributed by atoms with Gasteiger partial charge in [0.25, 0.3) is 5.91 Å². The topological polar surface area (TPSA) is 55.1 Å². The summed E-state index contributed by atoms with van der Waals surface area (Å²) >= 11 is 3.33. The number of fused-ring (bicyclic) bond motifs is 1. The van der Waals surface area contributed by atoms with Crippen molar-refractivity contribution in [2.75, 3.05) is 5.32 Å². The second-order valence-electron chi connectivity index (χ2n) is 4.00. The zero-order valence-electron chi connectivity index (χ0n) is 9.76. The molecule has 1 amide bonds. The lowest BCUT2D eigenvalue weighted by atomic mass is 10.2. The highest BCUT2D eigenvalue weighted by Gasteiger charge is 2.07. The smallest absolute Gasteiger partial charge is 0.255 e. The van der Waals surface area contributed by atoms with Crippen LogP contribution in [0.2, 0.25) is 0 Å². The molecule has 94 valence electrons. The lowest BCUT2D eigenvalue weighted by Crippen LogP contribution is -2.11. The van der Waals surface area contributed by atoms with E-state index in [2.05, 4.69) is 26.2 Å². The standard InChI is InChI=1S/C14H9BrN2O2/c15-10-3-1-9(2-4-10)14(18)17-11-5-6-12-13(7-11)19-8-16-12/h1-8H,(H,17,18). The molecule has 0 fully saturated rings. The molecule has 1 aromatic heterocycles. The zero-order valence-corrected chi connectivity index (χ0v) is 11.3. The van der Waals surface area contributed by atoms with E-state index in [1.807, 2.05) is 12.1 Å². The number of hydrogen-bond acceptors (Lipinski definition) is 3. The molecule has 0 saturated heterocycles. The van der Waals surface area contributed by atoms with Gasteiger partial charge in [0.05, 0.1) is 0 Å². The number of nitrogens with zero attached hydrogens (tertiary/aromatic N) is 1. The van der Waals surface area contributed by atoms with Crippen molar-refractivity contribution in [1.82, 2.24) is 4.98 Å². The van der Waals surface area contributed by atoms with Gasteiger partial charge in [-0.1, -0.05) is 15.9 Å². The van der Waals surface area contributed by atoms with E-state index in [9.17, 15) is 4.79 Å². The van der Waals surface area contributed by atoms with Gasteiger partial charge in [0, 0.05) is 21.8 Å². The Bertz CT molecular complexity index is 735. The average Bonchev–Trinajstić information content (AvgIpc) is 2.87. The minimum atomic E-state index is -0.161. The van der Waals surface area contributed by atoms with Gasteiger partial charge < -0.3 is 9.73 Å². The van der Waals surface area contributed by atoms with Crippen LogP contribution in [0.1, 0.15) is 10.4 Å². The number of rotatable bonds is 2. The number of amides is 1. The van der Waals surface area contributed by atoms with Crippen molar-refractivity contribution in [1.29, 1.82) is 0 Å². The highest BCUT2D eigenvalue weighted by Crippen LogP contribution is 2.19. The van der Waals surface area contributed by atoms with Crippen molar-refractivity contribution >= 4 is 38.6 Å². The Morgan fingerprint density at radius 1 is 1.16 bits per heavy atom. The number of anilines is 1. The van der Waals surface area contributed by atoms with E-state index < -0.39 is 0 Å². The van der Waals surface area contributed by atoms with Crippen molar-refractivity contribution in [2.45, 2.75) is 0 Å². The van der Waals surface area contributed by atoms with E-state index in [-0.39, 0.29) is 5.91 Å². The molecule has 3 aromatic rings. The normalized spacial score (nSPS) is 10.6. The number of carbonyl (C=O) groups excluding carboxylic acids is 1. The fraction of sp³-hybridized carbons (Fsp3) is 0. The van der Waals surface area contributed by atoms with Gasteiger partial charge in [0.15, 0.2) is 12.0 Å². The fourth-order valence-corrected chi connectivity index (χ4v) is 2.00. The van der Waals surface area contributed by atoms with Crippen molar-refractivity contribution in [2.24, 2.45) is 0 Å². The Hall–Kier alpha value is -2.14. The molecule has 3 rings (SSSR count). The Balaban J connectivity index is 1.83. The monoisotopic (exact) mass is 316 g/mol. The van der Waals surface area contributed by atoms with Crippen LogP contribution in [0.25, 0.3) is 11.1 Å². The number of oxazole rings is 1. The second-order valence-corrected chi connectivity index (χ2v) is 4.91. The predicted octanol–water partition coefficient (Wildman–Crippen LogP) is 3.84. The van der Waals surface area contributed by atoms with Crippen LogP contribution in [0.5, 0.6) is 0 Å². The highest BCUT2D eigenvalue weighted by atomic mass is 79.9. The maximum absolute atomic E-state index is 12.0. The van der Waals surface area contributed by atoms with Gasteiger partial charge in [-0.05, 0) is 36.4 Å². The van der Waals surface area contributed by atoms with E-state index in [1.165, 1.54) is 6.39 Å². The molecule has 0 bridgehead atoms. The van der Waals surface area contributed by atoms with Crippen molar-refractivity contribution in [3.8, 4) is 0 Å². The number of halogens is 1. The zero-order chi connectivity index (χ0) is 13.2. The van der Waals surface area contributed by atoms with Crippen LogP contribution >= 0.6 is 15.9 Å². The lowest BCUT2D eigenvalue weighted by Gasteiger charge is -2.05. The molecule has 0 spiro atoms. The number of aromatic nitrogens is 1. The van der Waals surface area contributed by atoms with Crippen LogP contribution in [-0.2, 0) is 0 Å². The van der Waals surface area contributed by atoms with Gasteiger partial charge in [0.1, 0.15) is 5.52 Å². The molecule has 0 aliphatic carbocycles. The van der Waals surface area contributed by atoms with Crippen molar-refractivity contribution < 1.29 is 9.21 Å². The summed E-state index contributed by atoms with van der Waals surface area (Å²) < 4.78 is 6.13. The van der Waals surface area contributed by atoms with Gasteiger partial charge in [-0.15, -0.1) is 0 Å². The first-order valence-electron chi connectivity index (χ1n) is 5.62. The van der Waals surface area contributed by atoms with Crippen LogP contribution in [0.4, 0.5) is 5.69 Å². The SMILES string of the molecule is O=C(Nc1ccc2ncoc2c1)c1ccc(Br)cc1. The van der Waals surface area contributed by atoms with Crippen LogP contribution in [0.15, 0.2) is 57.7 Å². The molecule has 0 saturated carbocycles. The summed E-state index contributed by atoms with van der Waals surface area (Å²) in [6, 6.07) is 12.5. The molecular weight excluding hydrogens is 308 g/mol. The molecule has 5 heteroatoms. The fourth-order valence-electron chi connectivity index (χ4n) is 1.74. The van der Waals surface area contributed by atoms with Crippen molar-refractivity contribution in [3.63, 3.8) is 0 Å². The van der Waals surface area contributed by atoms with Crippen molar-refractivity contribution in [3.05, 3.63) is 58.9 Å². The maximum atomic E-state index is 12.0. The van der Waals surface area contributed by atoms with E-state index in [1.54, 1.807) is 30.3 Å². The summed E-state index contributed by atoms with van der Waals surface area (Å²) in [5.41, 5.74) is 2.69. The summed E-state index contributed by atoms with van der Waals surface area (Å²) in [5.74, 6) is -0.161. The third-order valence-electron chi connectivity index (χ3n) is 2.70. The first-order chi connectivity index (χ1) is 9.22. The Morgan fingerprint density at radius 3 is 2.74 bits per heavy atom. The molecule has 19 heavy (non-hydrogen) atoms.